The minimum Gasteiger partial charge on any atom is -0.218 e. The summed E-state index contributed by atoms with van der Waals surface area (Å²) in [5.41, 5.74) is 1.02. The van der Waals surface area contributed by atoms with Gasteiger partial charge in [0.2, 0.25) is 0 Å². The number of rotatable bonds is 3. The van der Waals surface area contributed by atoms with Crippen molar-refractivity contribution in [3.8, 4) is 24.8 Å². The Morgan fingerprint density at radius 3 is 2.40 bits per heavy atom. The number of benzene rings is 1. The summed E-state index contributed by atoms with van der Waals surface area (Å²) in [6.45, 7) is 1.92. The van der Waals surface area contributed by atoms with Gasteiger partial charge in [0.1, 0.15) is 0 Å². The Morgan fingerprint density at radius 1 is 1.20 bits per heavy atom. The summed E-state index contributed by atoms with van der Waals surface area (Å²) in [6, 6.07) is 8.92. The summed E-state index contributed by atoms with van der Waals surface area (Å²) >= 11 is 3.01. The van der Waals surface area contributed by atoms with Crippen molar-refractivity contribution in [3.05, 3.63) is 42.0 Å². The van der Waals surface area contributed by atoms with Gasteiger partial charge in [-0.15, -0.1) is 6.42 Å². The van der Waals surface area contributed by atoms with Crippen LogP contribution in [0.25, 0.3) is 0 Å². The number of hydrogen-bond donors (Lipinski definition) is 0. The third kappa shape index (κ3) is 6.61. The molecule has 0 saturated heterocycles. The van der Waals surface area contributed by atoms with Crippen LogP contribution < -0.4 is 0 Å². The Hall–Kier alpha value is -1.69. The van der Waals surface area contributed by atoms with Gasteiger partial charge in [-0.05, 0) is 38.3 Å². The lowest BCUT2D eigenvalue weighted by molar-refractivity contribution is 0.425. The number of sulfonamides is 1. The maximum absolute atomic E-state index is 12.7. The molecule has 0 aliphatic heterocycles. The molecule has 0 fully saturated rings. The molecule has 0 spiro atoms. The molecule has 1 unspecified atom stereocenters. The van der Waals surface area contributed by atoms with Crippen molar-refractivity contribution in [3.63, 3.8) is 0 Å². The zero-order chi connectivity index (χ0) is 18.7. The highest BCUT2D eigenvalue weighted by Crippen LogP contribution is 2.23. The number of nitrogens with zero attached hydrogens (tertiary/aromatic N) is 1. The average Bonchev–Trinajstić information content (AvgIpc) is 2.57. The molecule has 0 heterocycles. The molecule has 3 nitrogen and oxygen atoms in total. The first-order valence-corrected chi connectivity index (χ1v) is 10.8. The normalized spacial score (nSPS) is 17.0. The Morgan fingerprint density at radius 2 is 1.84 bits per heavy atom. The van der Waals surface area contributed by atoms with Crippen LogP contribution in [0.1, 0.15) is 37.7 Å². The van der Waals surface area contributed by atoms with Crippen LogP contribution >= 0.6 is 15.9 Å². The fourth-order valence-corrected chi connectivity index (χ4v) is 3.88. The van der Waals surface area contributed by atoms with E-state index >= 15 is 0 Å². The van der Waals surface area contributed by atoms with E-state index in [1.165, 1.54) is 4.31 Å². The summed E-state index contributed by atoms with van der Waals surface area (Å²) in [5, 5.41) is 0.660. The maximum atomic E-state index is 12.7. The maximum Gasteiger partial charge on any atom is 0.271 e. The summed E-state index contributed by atoms with van der Waals surface area (Å²) in [4.78, 5) is 0.251. The molecule has 0 aromatic heterocycles. The number of terminal acetylenes is 2. The van der Waals surface area contributed by atoms with Gasteiger partial charge in [0.05, 0.1) is 16.3 Å². The monoisotopic (exact) mass is 421 g/mol. The van der Waals surface area contributed by atoms with E-state index in [9.17, 15) is 8.42 Å². The van der Waals surface area contributed by atoms with Crippen LogP contribution in [0.15, 0.2) is 41.3 Å². The second kappa shape index (κ2) is 11.0. The topological polar surface area (TPSA) is 37.4 Å². The van der Waals surface area contributed by atoms with Crippen molar-refractivity contribution < 1.29 is 8.42 Å². The lowest BCUT2D eigenvalue weighted by Crippen LogP contribution is -2.35. The minimum absolute atomic E-state index is 0.249. The van der Waals surface area contributed by atoms with E-state index in [1.807, 2.05) is 19.1 Å². The molecule has 1 aromatic carbocycles. The summed E-state index contributed by atoms with van der Waals surface area (Å²) < 4.78 is 26.6. The quantitative estimate of drug-likeness (QED) is 0.312. The number of halogens is 1. The van der Waals surface area contributed by atoms with Crippen molar-refractivity contribution in [2.24, 2.45) is 0 Å². The highest BCUT2D eigenvalue weighted by atomic mass is 79.9. The Balaban J connectivity index is 0.000000705. The van der Waals surface area contributed by atoms with Gasteiger partial charge in [0.15, 0.2) is 0 Å². The lowest BCUT2D eigenvalue weighted by atomic mass is 10.0. The van der Waals surface area contributed by atoms with Gasteiger partial charge < -0.3 is 0 Å². The summed E-state index contributed by atoms with van der Waals surface area (Å²) in [5.74, 6) is 2.35. The molecule has 1 atom stereocenters. The van der Waals surface area contributed by atoms with Crippen LogP contribution in [0, 0.1) is 31.7 Å². The molecule has 0 saturated carbocycles. The molecule has 1 aliphatic carbocycles. The zero-order valence-electron chi connectivity index (χ0n) is 14.5. The largest absolute Gasteiger partial charge is 0.271 e. The average molecular weight is 422 g/mol. The van der Waals surface area contributed by atoms with Crippen LogP contribution in [-0.4, -0.2) is 24.1 Å². The van der Waals surface area contributed by atoms with Crippen molar-refractivity contribution in [1.82, 2.24) is 4.31 Å². The van der Waals surface area contributed by atoms with Crippen LogP contribution in [-0.2, 0) is 10.0 Å². The molecule has 1 aliphatic rings. The smallest absolute Gasteiger partial charge is 0.218 e. The second-order valence-corrected chi connectivity index (χ2v) is 8.09. The third-order valence-electron chi connectivity index (χ3n) is 3.81. The summed E-state index contributed by atoms with van der Waals surface area (Å²) in [7, 11) is -3.65. The first-order valence-electron chi connectivity index (χ1n) is 8.20. The van der Waals surface area contributed by atoms with Crippen LogP contribution in [0.5, 0.6) is 0 Å². The van der Waals surface area contributed by atoms with E-state index in [0.29, 0.717) is 5.33 Å². The molecule has 0 amide bonds. The van der Waals surface area contributed by atoms with Crippen molar-refractivity contribution in [2.45, 2.75) is 50.0 Å². The number of aryl methyl sites for hydroxylation is 1. The van der Waals surface area contributed by atoms with E-state index in [0.717, 1.165) is 37.7 Å². The second-order valence-electron chi connectivity index (χ2n) is 5.71. The molecule has 1 aromatic rings. The van der Waals surface area contributed by atoms with Gasteiger partial charge in [-0.1, -0.05) is 71.0 Å². The molecule has 0 radical (unpaired) electrons. The van der Waals surface area contributed by atoms with Crippen molar-refractivity contribution in [2.75, 3.05) is 5.33 Å². The molecule has 5 heteroatoms. The van der Waals surface area contributed by atoms with E-state index in [-0.39, 0.29) is 10.9 Å². The molecular formula is C20H24BrNO2S. The molecule has 2 rings (SSSR count). The van der Waals surface area contributed by atoms with Gasteiger partial charge in [-0.3, -0.25) is 0 Å². The van der Waals surface area contributed by atoms with E-state index in [1.54, 1.807) is 24.3 Å². The van der Waals surface area contributed by atoms with Gasteiger partial charge in [-0.2, -0.15) is 0 Å². The molecule has 0 N–H and O–H groups in total. The highest BCUT2D eigenvalue weighted by molar-refractivity contribution is 9.09. The van der Waals surface area contributed by atoms with Crippen molar-refractivity contribution >= 4 is 26.0 Å². The van der Waals surface area contributed by atoms with Gasteiger partial charge >= 0.3 is 0 Å². The SMILES string of the molecule is C#CCBr.C#CN(C1C=CCCCCC1)S(=O)(=O)c1ccc(C)cc1. The Labute approximate surface area is 160 Å². The first kappa shape index (κ1) is 21.4. The standard InChI is InChI=1S/C17H21NO2S.C3H3Br/c1-3-18(16-9-7-5-4-6-8-10-16)21(19,20)17-13-11-15(2)12-14-17;1-2-3-4/h1,7,9,11-14,16H,4-6,8,10H2,2H3;1H,3H2. The fourth-order valence-electron chi connectivity index (χ4n) is 2.50. The predicted octanol–water partition coefficient (Wildman–Crippen LogP) is 4.48. The number of hydrogen-bond acceptors (Lipinski definition) is 2. The van der Waals surface area contributed by atoms with E-state index in [4.69, 9.17) is 12.8 Å². The molecule has 25 heavy (non-hydrogen) atoms. The van der Waals surface area contributed by atoms with E-state index < -0.39 is 10.0 Å². The van der Waals surface area contributed by atoms with Gasteiger partial charge in [0, 0.05) is 6.04 Å². The molecule has 0 bridgehead atoms. The van der Waals surface area contributed by atoms with Crippen LogP contribution in [0.4, 0.5) is 0 Å². The number of allylic oxidation sites excluding steroid dienone is 1. The molecule has 134 valence electrons. The van der Waals surface area contributed by atoms with E-state index in [2.05, 4.69) is 27.9 Å². The highest BCUT2D eigenvalue weighted by Gasteiger charge is 2.27. The predicted molar refractivity (Wildman–Crippen MR) is 108 cm³/mol. The fraction of sp³-hybridized carbons (Fsp3) is 0.400. The van der Waals surface area contributed by atoms with Gasteiger partial charge in [-0.25, -0.2) is 12.7 Å². The lowest BCUT2D eigenvalue weighted by Gasteiger charge is -2.26. The minimum atomic E-state index is -3.65. The van der Waals surface area contributed by atoms with Gasteiger partial charge in [0.25, 0.3) is 10.0 Å². The number of alkyl halides is 1. The van der Waals surface area contributed by atoms with Crippen LogP contribution in [0.3, 0.4) is 0 Å². The van der Waals surface area contributed by atoms with Crippen molar-refractivity contribution in [1.29, 1.82) is 0 Å². The Bertz CT molecular complexity index is 739. The third-order valence-corrected chi connectivity index (χ3v) is 5.90. The summed E-state index contributed by atoms with van der Waals surface area (Å²) in [6.07, 6.45) is 19.2. The Kier molecular flexibility index (Phi) is 9.42. The van der Waals surface area contributed by atoms with Crippen LogP contribution in [0.2, 0.25) is 0 Å². The molecular weight excluding hydrogens is 398 g/mol. The first-order chi connectivity index (χ1) is 12.0. The zero-order valence-corrected chi connectivity index (χ0v) is 16.9.